The number of carbonyl (C=O) groups is 1. The molecule has 6 heteroatoms. The predicted molar refractivity (Wildman–Crippen MR) is 86.7 cm³/mol. The van der Waals surface area contributed by atoms with Crippen LogP contribution in [0.3, 0.4) is 0 Å². The van der Waals surface area contributed by atoms with Crippen molar-refractivity contribution in [3.8, 4) is 5.75 Å². The second kappa shape index (κ2) is 6.96. The zero-order valence-corrected chi connectivity index (χ0v) is 13.8. The number of ether oxygens (including phenoxy) is 1. The smallest absolute Gasteiger partial charge is 0.271 e. The molecule has 2 aromatic rings. The van der Waals surface area contributed by atoms with Gasteiger partial charge in [-0.05, 0) is 49.1 Å². The molecule has 0 unspecified atom stereocenters. The Hall–Kier alpha value is -1.82. The molecule has 1 aliphatic carbocycles. The number of aromatic nitrogens is 2. The molecule has 0 atom stereocenters. The maximum atomic E-state index is 12.0. The number of benzene rings is 1. The standard InChI is InChI=1S/C16H18BrN3O2/c17-13-4-6-14(7-5-13)22-11-20-9-8-15(19-20)16(21)18-10-12-2-1-3-12/h4-9,12H,1-3,10-11H2,(H,18,21). The zero-order valence-electron chi connectivity index (χ0n) is 12.2. The van der Waals surface area contributed by atoms with Gasteiger partial charge in [-0.1, -0.05) is 22.4 Å². The van der Waals surface area contributed by atoms with Crippen LogP contribution in [0.4, 0.5) is 0 Å². The van der Waals surface area contributed by atoms with Crippen LogP contribution in [-0.2, 0) is 6.73 Å². The third-order valence-corrected chi connectivity index (χ3v) is 4.36. The summed E-state index contributed by atoms with van der Waals surface area (Å²) in [5.74, 6) is 1.29. The number of carbonyl (C=O) groups excluding carboxylic acids is 1. The van der Waals surface area contributed by atoms with E-state index in [1.54, 1.807) is 16.9 Å². The van der Waals surface area contributed by atoms with Gasteiger partial charge >= 0.3 is 0 Å². The molecule has 5 nitrogen and oxygen atoms in total. The van der Waals surface area contributed by atoms with Gasteiger partial charge in [-0.3, -0.25) is 4.79 Å². The van der Waals surface area contributed by atoms with E-state index in [2.05, 4.69) is 26.3 Å². The van der Waals surface area contributed by atoms with Crippen molar-refractivity contribution in [2.24, 2.45) is 5.92 Å². The second-order valence-electron chi connectivity index (χ2n) is 5.47. The topological polar surface area (TPSA) is 56.2 Å². The molecule has 1 heterocycles. The largest absolute Gasteiger partial charge is 0.471 e. The fraction of sp³-hybridized carbons (Fsp3) is 0.375. The van der Waals surface area contributed by atoms with Crippen molar-refractivity contribution in [2.45, 2.75) is 26.0 Å². The molecule has 1 aromatic heterocycles. The number of hydrogen-bond donors (Lipinski definition) is 1. The third kappa shape index (κ3) is 3.88. The van der Waals surface area contributed by atoms with E-state index >= 15 is 0 Å². The molecule has 3 rings (SSSR count). The lowest BCUT2D eigenvalue weighted by molar-refractivity contribution is 0.0932. The van der Waals surface area contributed by atoms with E-state index in [0.717, 1.165) is 16.8 Å². The summed E-state index contributed by atoms with van der Waals surface area (Å²) < 4.78 is 8.23. The van der Waals surface area contributed by atoms with Crippen LogP contribution in [0.1, 0.15) is 29.8 Å². The van der Waals surface area contributed by atoms with Crippen LogP contribution in [0.2, 0.25) is 0 Å². The normalized spacial score (nSPS) is 14.4. The van der Waals surface area contributed by atoms with Gasteiger partial charge in [0.15, 0.2) is 6.73 Å². The highest BCUT2D eigenvalue weighted by Gasteiger charge is 2.18. The molecule has 1 amide bonds. The van der Waals surface area contributed by atoms with Crippen molar-refractivity contribution in [3.05, 3.63) is 46.7 Å². The average Bonchev–Trinajstić information content (AvgIpc) is 2.94. The Bertz CT molecular complexity index is 635. The molecule has 22 heavy (non-hydrogen) atoms. The molecule has 0 saturated heterocycles. The molecular weight excluding hydrogens is 346 g/mol. The van der Waals surface area contributed by atoms with Crippen LogP contribution >= 0.6 is 15.9 Å². The Morgan fingerprint density at radius 1 is 1.32 bits per heavy atom. The number of nitrogens with zero attached hydrogens (tertiary/aromatic N) is 2. The fourth-order valence-electron chi connectivity index (χ4n) is 2.25. The van der Waals surface area contributed by atoms with E-state index in [9.17, 15) is 4.79 Å². The molecule has 0 spiro atoms. The highest BCUT2D eigenvalue weighted by molar-refractivity contribution is 9.10. The van der Waals surface area contributed by atoms with Gasteiger partial charge in [0.1, 0.15) is 11.4 Å². The second-order valence-corrected chi connectivity index (χ2v) is 6.39. The highest BCUT2D eigenvalue weighted by Crippen LogP contribution is 2.25. The summed E-state index contributed by atoms with van der Waals surface area (Å²) in [5, 5.41) is 7.17. The first-order valence-corrected chi connectivity index (χ1v) is 8.20. The van der Waals surface area contributed by atoms with E-state index in [0.29, 0.717) is 11.6 Å². The molecule has 0 bridgehead atoms. The zero-order chi connectivity index (χ0) is 15.4. The van der Waals surface area contributed by atoms with Crippen molar-refractivity contribution >= 4 is 21.8 Å². The average molecular weight is 364 g/mol. The minimum absolute atomic E-state index is 0.116. The van der Waals surface area contributed by atoms with Crippen LogP contribution < -0.4 is 10.1 Å². The summed E-state index contributed by atoms with van der Waals surface area (Å²) in [6.07, 6.45) is 5.46. The summed E-state index contributed by atoms with van der Waals surface area (Å²) in [4.78, 5) is 12.0. The van der Waals surface area contributed by atoms with Gasteiger partial charge in [0, 0.05) is 17.2 Å². The Labute approximate surface area is 137 Å². The summed E-state index contributed by atoms with van der Waals surface area (Å²) >= 11 is 3.38. The van der Waals surface area contributed by atoms with Crippen LogP contribution in [0.15, 0.2) is 41.0 Å². The molecule has 0 radical (unpaired) electrons. The van der Waals surface area contributed by atoms with Crippen molar-refractivity contribution in [1.29, 1.82) is 0 Å². The highest BCUT2D eigenvalue weighted by atomic mass is 79.9. The van der Waals surface area contributed by atoms with Crippen molar-refractivity contribution in [2.75, 3.05) is 6.54 Å². The summed E-state index contributed by atoms with van der Waals surface area (Å²) in [6, 6.07) is 9.29. The monoisotopic (exact) mass is 363 g/mol. The quantitative estimate of drug-likeness (QED) is 0.857. The molecule has 1 N–H and O–H groups in total. The lowest BCUT2D eigenvalue weighted by atomic mass is 9.85. The van der Waals surface area contributed by atoms with Gasteiger partial charge < -0.3 is 10.1 Å². The minimum atomic E-state index is -0.116. The molecule has 1 aromatic carbocycles. The van der Waals surface area contributed by atoms with Crippen molar-refractivity contribution < 1.29 is 9.53 Å². The van der Waals surface area contributed by atoms with Crippen molar-refractivity contribution in [3.63, 3.8) is 0 Å². The van der Waals surface area contributed by atoms with E-state index < -0.39 is 0 Å². The van der Waals surface area contributed by atoms with Gasteiger partial charge in [0.05, 0.1) is 0 Å². The van der Waals surface area contributed by atoms with Crippen LogP contribution in [0.25, 0.3) is 0 Å². The van der Waals surface area contributed by atoms with E-state index in [-0.39, 0.29) is 12.6 Å². The molecule has 116 valence electrons. The summed E-state index contributed by atoms with van der Waals surface area (Å²) in [7, 11) is 0. The number of amides is 1. The molecule has 1 aliphatic rings. The lowest BCUT2D eigenvalue weighted by Gasteiger charge is -2.25. The molecule has 1 fully saturated rings. The predicted octanol–water partition coefficient (Wildman–Crippen LogP) is 3.21. The van der Waals surface area contributed by atoms with E-state index in [1.165, 1.54) is 19.3 Å². The van der Waals surface area contributed by atoms with Gasteiger partial charge in [-0.15, -0.1) is 0 Å². The molecule has 1 saturated carbocycles. The SMILES string of the molecule is O=C(NCC1CCC1)c1ccn(COc2ccc(Br)cc2)n1. The van der Waals surface area contributed by atoms with Gasteiger partial charge in [-0.2, -0.15) is 5.10 Å². The first-order valence-electron chi connectivity index (χ1n) is 7.41. The number of hydrogen-bond acceptors (Lipinski definition) is 3. The number of nitrogens with one attached hydrogen (secondary N) is 1. The van der Waals surface area contributed by atoms with Gasteiger partial charge in [0.25, 0.3) is 5.91 Å². The van der Waals surface area contributed by atoms with E-state index in [4.69, 9.17) is 4.74 Å². The minimum Gasteiger partial charge on any atom is -0.471 e. The van der Waals surface area contributed by atoms with Crippen molar-refractivity contribution in [1.82, 2.24) is 15.1 Å². The Balaban J connectivity index is 1.49. The Kier molecular flexibility index (Phi) is 4.77. The summed E-state index contributed by atoms with van der Waals surface area (Å²) in [6.45, 7) is 1.03. The number of halogens is 1. The first kappa shape index (κ1) is 15.1. The van der Waals surface area contributed by atoms with Crippen LogP contribution in [0.5, 0.6) is 5.75 Å². The maximum absolute atomic E-state index is 12.0. The number of rotatable bonds is 6. The third-order valence-electron chi connectivity index (χ3n) is 3.83. The fourth-order valence-corrected chi connectivity index (χ4v) is 2.52. The lowest BCUT2D eigenvalue weighted by Crippen LogP contribution is -2.32. The molecular formula is C16H18BrN3O2. The van der Waals surface area contributed by atoms with Crippen LogP contribution in [-0.4, -0.2) is 22.2 Å². The summed E-state index contributed by atoms with van der Waals surface area (Å²) in [5.41, 5.74) is 0.429. The van der Waals surface area contributed by atoms with Gasteiger partial charge in [0.2, 0.25) is 0 Å². The Morgan fingerprint density at radius 3 is 2.77 bits per heavy atom. The van der Waals surface area contributed by atoms with Crippen LogP contribution in [0, 0.1) is 5.92 Å². The maximum Gasteiger partial charge on any atom is 0.271 e. The Morgan fingerprint density at radius 2 is 2.09 bits per heavy atom. The molecule has 0 aliphatic heterocycles. The van der Waals surface area contributed by atoms with E-state index in [1.807, 2.05) is 24.3 Å². The van der Waals surface area contributed by atoms with Gasteiger partial charge in [-0.25, -0.2) is 4.68 Å². The first-order chi connectivity index (χ1) is 10.7.